The average Bonchev–Trinajstić information content (AvgIpc) is 2.58. The zero-order valence-corrected chi connectivity index (χ0v) is 14.4. The molecule has 0 aromatic heterocycles. The predicted octanol–water partition coefficient (Wildman–Crippen LogP) is 3.88. The molecular weight excluding hydrogens is 292 g/mol. The van der Waals surface area contributed by atoms with Crippen molar-refractivity contribution >= 4 is 11.6 Å². The van der Waals surface area contributed by atoms with Gasteiger partial charge >= 0.3 is 0 Å². The number of carbonyl (C=O) groups excluding carboxylic acids is 1. The Labute approximate surface area is 138 Å². The van der Waals surface area contributed by atoms with Gasteiger partial charge in [-0.2, -0.15) is 5.26 Å². The van der Waals surface area contributed by atoms with Crippen LogP contribution in [-0.2, 0) is 9.53 Å². The molecule has 0 unspecified atom stereocenters. The molecule has 0 saturated carbocycles. The third kappa shape index (κ3) is 5.26. The third-order valence-electron chi connectivity index (χ3n) is 3.60. The van der Waals surface area contributed by atoms with Gasteiger partial charge in [0.2, 0.25) is 0 Å². The smallest absolute Gasteiger partial charge is 0.256 e. The van der Waals surface area contributed by atoms with Crippen molar-refractivity contribution in [2.24, 2.45) is 0 Å². The van der Waals surface area contributed by atoms with Gasteiger partial charge in [-0.05, 0) is 44.4 Å². The maximum atomic E-state index is 12.5. The molecule has 1 amide bonds. The third-order valence-corrected chi connectivity index (χ3v) is 3.60. The molecular formula is C18H26N2O3. The molecule has 0 aliphatic heterocycles. The highest BCUT2D eigenvalue weighted by atomic mass is 16.5. The van der Waals surface area contributed by atoms with Crippen LogP contribution in [0.5, 0.6) is 5.75 Å². The van der Waals surface area contributed by atoms with E-state index in [9.17, 15) is 10.1 Å². The fraction of sp³-hybridized carbons (Fsp3) is 0.556. The summed E-state index contributed by atoms with van der Waals surface area (Å²) in [6.07, 6.45) is 2.29. The maximum absolute atomic E-state index is 12.5. The Balaban J connectivity index is 2.87. The first-order valence-corrected chi connectivity index (χ1v) is 8.13. The lowest BCUT2D eigenvalue weighted by Gasteiger charge is -2.27. The van der Waals surface area contributed by atoms with Crippen LogP contribution in [0.3, 0.4) is 0 Å². The lowest BCUT2D eigenvalue weighted by molar-refractivity contribution is -0.139. The number of benzene rings is 1. The number of nitrogens with zero attached hydrogens (tertiary/aromatic N) is 1. The first kappa shape index (κ1) is 19.0. The molecule has 0 aliphatic rings. The fourth-order valence-corrected chi connectivity index (χ4v) is 1.95. The molecule has 0 bridgehead atoms. The molecule has 5 heteroatoms. The second-order valence-corrected chi connectivity index (χ2v) is 5.56. The quantitative estimate of drug-likeness (QED) is 0.750. The minimum Gasteiger partial charge on any atom is -0.492 e. The van der Waals surface area contributed by atoms with Crippen molar-refractivity contribution in [3.8, 4) is 11.8 Å². The number of carbonyl (C=O) groups is 1. The topological polar surface area (TPSA) is 71.3 Å². The number of ether oxygens (including phenoxy) is 2. The van der Waals surface area contributed by atoms with Gasteiger partial charge in [-0.15, -0.1) is 0 Å². The summed E-state index contributed by atoms with van der Waals surface area (Å²) >= 11 is 0. The molecule has 1 N–H and O–H groups in total. The van der Waals surface area contributed by atoms with Crippen molar-refractivity contribution in [1.82, 2.24) is 0 Å². The number of nitriles is 1. The summed E-state index contributed by atoms with van der Waals surface area (Å²) in [5.41, 5.74) is 0.0966. The van der Waals surface area contributed by atoms with E-state index in [0.717, 1.165) is 12.8 Å². The Bertz CT molecular complexity index is 566. The van der Waals surface area contributed by atoms with Crippen LogP contribution < -0.4 is 10.1 Å². The number of anilines is 1. The van der Waals surface area contributed by atoms with Gasteiger partial charge in [0, 0.05) is 12.3 Å². The van der Waals surface area contributed by atoms with E-state index < -0.39 is 5.60 Å². The van der Waals surface area contributed by atoms with Crippen molar-refractivity contribution in [3.05, 3.63) is 23.8 Å². The molecule has 1 rings (SSSR count). The van der Waals surface area contributed by atoms with E-state index in [1.807, 2.05) is 20.8 Å². The van der Waals surface area contributed by atoms with E-state index in [-0.39, 0.29) is 5.91 Å². The first-order chi connectivity index (χ1) is 11.0. The molecule has 1 atom stereocenters. The van der Waals surface area contributed by atoms with Gasteiger partial charge in [0.05, 0.1) is 12.2 Å². The van der Waals surface area contributed by atoms with E-state index >= 15 is 0 Å². The summed E-state index contributed by atoms with van der Waals surface area (Å²) in [5, 5.41) is 12.1. The maximum Gasteiger partial charge on any atom is 0.256 e. The van der Waals surface area contributed by atoms with Crippen LogP contribution in [0, 0.1) is 11.3 Å². The van der Waals surface area contributed by atoms with Crippen LogP contribution in [0.2, 0.25) is 0 Å². The van der Waals surface area contributed by atoms with Crippen molar-refractivity contribution in [2.45, 2.75) is 52.6 Å². The molecule has 5 nitrogen and oxygen atoms in total. The van der Waals surface area contributed by atoms with Gasteiger partial charge in [-0.25, -0.2) is 0 Å². The zero-order chi connectivity index (χ0) is 17.3. The largest absolute Gasteiger partial charge is 0.492 e. The van der Waals surface area contributed by atoms with Crippen LogP contribution >= 0.6 is 0 Å². The van der Waals surface area contributed by atoms with Crippen molar-refractivity contribution < 1.29 is 14.3 Å². The zero-order valence-electron chi connectivity index (χ0n) is 14.4. The van der Waals surface area contributed by atoms with E-state index in [1.165, 1.54) is 0 Å². The van der Waals surface area contributed by atoms with Crippen LogP contribution in [-0.4, -0.2) is 24.7 Å². The normalized spacial score (nSPS) is 13.0. The number of amides is 1. The molecule has 23 heavy (non-hydrogen) atoms. The number of hydrogen-bond donors (Lipinski definition) is 1. The number of hydrogen-bond acceptors (Lipinski definition) is 4. The second-order valence-electron chi connectivity index (χ2n) is 5.56. The molecule has 0 fully saturated rings. The van der Waals surface area contributed by atoms with Gasteiger partial charge in [0.1, 0.15) is 17.4 Å². The van der Waals surface area contributed by atoms with Crippen LogP contribution in [0.1, 0.15) is 52.5 Å². The van der Waals surface area contributed by atoms with E-state index in [0.29, 0.717) is 36.6 Å². The Morgan fingerprint density at radius 1 is 1.26 bits per heavy atom. The number of rotatable bonds is 9. The molecule has 0 aliphatic carbocycles. The standard InChI is InChI=1S/C18H26N2O3/c1-5-10-22-16-9-8-15(12-14(16)13-19)20-17(21)18(4,7-3)23-11-6-2/h8-9,12H,5-7,10-11H2,1-4H3,(H,20,21)/t18-/m1/s1. The minimum atomic E-state index is -0.875. The number of nitrogens with one attached hydrogen (secondary N) is 1. The van der Waals surface area contributed by atoms with Crippen molar-refractivity contribution in [2.75, 3.05) is 18.5 Å². The summed E-state index contributed by atoms with van der Waals surface area (Å²) in [5.74, 6) is 0.326. The van der Waals surface area contributed by atoms with E-state index in [1.54, 1.807) is 25.1 Å². The van der Waals surface area contributed by atoms with Crippen LogP contribution in [0.4, 0.5) is 5.69 Å². The Hall–Kier alpha value is -2.06. The molecule has 126 valence electrons. The SMILES string of the molecule is CCCOc1ccc(NC(=O)[C@@](C)(CC)OCCC)cc1C#N. The van der Waals surface area contributed by atoms with Gasteiger partial charge in [-0.1, -0.05) is 20.8 Å². The summed E-state index contributed by atoms with van der Waals surface area (Å²) in [7, 11) is 0. The molecule has 0 saturated heterocycles. The van der Waals surface area contributed by atoms with Crippen molar-refractivity contribution in [1.29, 1.82) is 5.26 Å². The second kappa shape index (κ2) is 9.16. The van der Waals surface area contributed by atoms with Gasteiger partial charge in [0.15, 0.2) is 0 Å². The van der Waals surface area contributed by atoms with Crippen LogP contribution in [0.15, 0.2) is 18.2 Å². The predicted molar refractivity (Wildman–Crippen MR) is 90.5 cm³/mol. The summed E-state index contributed by atoms with van der Waals surface area (Å²) < 4.78 is 11.2. The van der Waals surface area contributed by atoms with Crippen LogP contribution in [0.25, 0.3) is 0 Å². The molecule has 1 aromatic carbocycles. The monoisotopic (exact) mass is 318 g/mol. The van der Waals surface area contributed by atoms with Gasteiger partial charge in [0.25, 0.3) is 5.91 Å². The average molecular weight is 318 g/mol. The Morgan fingerprint density at radius 3 is 2.52 bits per heavy atom. The Morgan fingerprint density at radius 2 is 1.96 bits per heavy atom. The highest BCUT2D eigenvalue weighted by Gasteiger charge is 2.32. The van der Waals surface area contributed by atoms with Crippen molar-refractivity contribution in [3.63, 3.8) is 0 Å². The molecule has 0 heterocycles. The summed E-state index contributed by atoms with van der Waals surface area (Å²) in [4.78, 5) is 12.5. The first-order valence-electron chi connectivity index (χ1n) is 8.13. The molecule has 1 aromatic rings. The lowest BCUT2D eigenvalue weighted by Crippen LogP contribution is -2.42. The van der Waals surface area contributed by atoms with Gasteiger partial charge < -0.3 is 14.8 Å². The van der Waals surface area contributed by atoms with Gasteiger partial charge in [-0.3, -0.25) is 4.79 Å². The molecule has 0 spiro atoms. The van der Waals surface area contributed by atoms with E-state index in [4.69, 9.17) is 9.47 Å². The highest BCUT2D eigenvalue weighted by Crippen LogP contribution is 2.24. The molecule has 0 radical (unpaired) electrons. The Kier molecular flexibility index (Phi) is 7.56. The lowest BCUT2D eigenvalue weighted by atomic mass is 10.0. The summed E-state index contributed by atoms with van der Waals surface area (Å²) in [6.45, 7) is 8.79. The highest BCUT2D eigenvalue weighted by molar-refractivity contribution is 5.97. The fourth-order valence-electron chi connectivity index (χ4n) is 1.95. The van der Waals surface area contributed by atoms with E-state index in [2.05, 4.69) is 11.4 Å². The summed E-state index contributed by atoms with van der Waals surface area (Å²) in [6, 6.07) is 7.17. The minimum absolute atomic E-state index is 0.209.